The van der Waals surface area contributed by atoms with Crippen LogP contribution in [0.3, 0.4) is 0 Å². The van der Waals surface area contributed by atoms with E-state index >= 15 is 0 Å². The van der Waals surface area contributed by atoms with Crippen molar-refractivity contribution < 1.29 is 36.8 Å². The van der Waals surface area contributed by atoms with E-state index in [-0.39, 0.29) is 57.4 Å². The fourth-order valence-electron chi connectivity index (χ4n) is 10.8. The molecule has 4 saturated carbocycles. The van der Waals surface area contributed by atoms with Gasteiger partial charge in [-0.2, -0.15) is 8.42 Å². The molecule has 12 atom stereocenters. The van der Waals surface area contributed by atoms with Crippen LogP contribution in [0.4, 0.5) is 0 Å². The van der Waals surface area contributed by atoms with Crippen molar-refractivity contribution in [1.82, 2.24) is 0 Å². The van der Waals surface area contributed by atoms with Gasteiger partial charge in [-0.15, -0.1) is 0 Å². The van der Waals surface area contributed by atoms with Gasteiger partial charge in [-0.25, -0.2) is 0 Å². The third kappa shape index (κ3) is 4.42. The molecule has 5 aliphatic carbocycles. The van der Waals surface area contributed by atoms with E-state index in [4.69, 9.17) is 8.92 Å². The van der Waals surface area contributed by atoms with Crippen molar-refractivity contribution >= 4 is 27.7 Å². The van der Waals surface area contributed by atoms with Crippen molar-refractivity contribution in [3.05, 3.63) is 24.3 Å². The molecular formula is C33H48O8S. The van der Waals surface area contributed by atoms with Crippen molar-refractivity contribution in [1.29, 1.82) is 0 Å². The summed E-state index contributed by atoms with van der Waals surface area (Å²) < 4.78 is 33.8. The molecule has 0 aromatic rings. The standard InChI is InChI=1S/C33H48O8S/c1-18(16-40-42(8,38)39)19(2)28(36)29(37)21(4)27-25(41-22(5)34)15-31(7)26-10-9-23-20(3)24(35)11-12-32(23)17-33(26,32)14-13-30(27,31)6/h11-12,18,20-21,23,25-27,29,37H,2,9-10,13-17H2,1,3-8H3/t18-,20-,21-,23-,25-,26-,27-,29+,30+,31-,32+,33-/m0/s1. The first kappa shape index (κ1) is 31.6. The monoisotopic (exact) mass is 604 g/mol. The molecule has 5 rings (SSSR count). The van der Waals surface area contributed by atoms with Crippen LogP contribution in [0, 0.1) is 57.2 Å². The minimum atomic E-state index is -3.68. The first-order valence-corrected chi connectivity index (χ1v) is 17.3. The Balaban J connectivity index is 1.44. The summed E-state index contributed by atoms with van der Waals surface area (Å²) in [4.78, 5) is 38.4. The highest BCUT2D eigenvalue weighted by atomic mass is 32.2. The number of fused-ring (bicyclic) bond motifs is 2. The maximum atomic E-state index is 13.5. The molecule has 0 aromatic carbocycles. The number of carbonyl (C=O) groups excluding carboxylic acids is 3. The third-order valence-corrected chi connectivity index (χ3v) is 13.7. The minimum absolute atomic E-state index is 0.0427. The van der Waals surface area contributed by atoms with Crippen LogP contribution in [-0.2, 0) is 33.4 Å². The lowest BCUT2D eigenvalue weighted by molar-refractivity contribution is -0.154. The number of hydrogen-bond acceptors (Lipinski definition) is 8. The van der Waals surface area contributed by atoms with Gasteiger partial charge in [-0.05, 0) is 89.6 Å². The topological polar surface area (TPSA) is 124 Å². The molecule has 8 nitrogen and oxygen atoms in total. The SMILES string of the molecule is C=C(C(=O)[C@H](O)[C@@H](C)[C@H]1[C@@H](OC(C)=O)C[C@@]2(C)[C@@H]3CC[C@H]4[C@H](C)C(=O)C=C[C@@]45C[C@@]35CC[C@]12C)[C@@H](C)COS(C)(=O)=O. The van der Waals surface area contributed by atoms with E-state index in [2.05, 4.69) is 33.4 Å². The quantitative estimate of drug-likeness (QED) is 0.229. The van der Waals surface area contributed by atoms with E-state index in [0.29, 0.717) is 18.3 Å². The molecule has 0 aromatic heterocycles. The summed E-state index contributed by atoms with van der Waals surface area (Å²) in [7, 11) is -3.68. The maximum Gasteiger partial charge on any atom is 0.302 e. The largest absolute Gasteiger partial charge is 0.462 e. The van der Waals surface area contributed by atoms with E-state index in [0.717, 1.165) is 38.4 Å². The van der Waals surface area contributed by atoms with E-state index in [1.807, 2.05) is 13.0 Å². The smallest absolute Gasteiger partial charge is 0.302 e. The van der Waals surface area contributed by atoms with E-state index in [1.54, 1.807) is 6.92 Å². The van der Waals surface area contributed by atoms with E-state index < -0.39 is 39.9 Å². The molecule has 2 spiro atoms. The molecular weight excluding hydrogens is 556 g/mol. The fourth-order valence-corrected chi connectivity index (χ4v) is 11.3. The zero-order chi connectivity index (χ0) is 31.2. The Morgan fingerprint density at radius 1 is 1.17 bits per heavy atom. The van der Waals surface area contributed by atoms with Crippen molar-refractivity contribution in [2.45, 2.75) is 92.3 Å². The van der Waals surface area contributed by atoms with Gasteiger partial charge in [0.05, 0.1) is 12.9 Å². The predicted octanol–water partition coefficient (Wildman–Crippen LogP) is 4.66. The van der Waals surface area contributed by atoms with Crippen LogP contribution in [-0.4, -0.2) is 56.1 Å². The Kier molecular flexibility index (Phi) is 7.59. The second kappa shape index (κ2) is 10.1. The highest BCUT2D eigenvalue weighted by Gasteiger charge is 2.81. The number of esters is 1. The average molecular weight is 605 g/mol. The van der Waals surface area contributed by atoms with Gasteiger partial charge in [-0.3, -0.25) is 18.6 Å². The molecule has 1 N–H and O–H groups in total. The third-order valence-electron chi connectivity index (χ3n) is 13.1. The number of ketones is 2. The Bertz CT molecular complexity index is 1330. The summed E-state index contributed by atoms with van der Waals surface area (Å²) in [6.45, 7) is 15.3. The zero-order valence-electron chi connectivity index (χ0n) is 26.1. The summed E-state index contributed by atoms with van der Waals surface area (Å²) in [6.07, 6.45) is 8.87. The molecule has 0 saturated heterocycles. The molecule has 0 bridgehead atoms. The van der Waals surface area contributed by atoms with Crippen LogP contribution < -0.4 is 0 Å². The lowest BCUT2D eigenvalue weighted by Crippen LogP contribution is -2.56. The van der Waals surface area contributed by atoms with Gasteiger partial charge in [0.1, 0.15) is 12.2 Å². The second-order valence-electron chi connectivity index (χ2n) is 14.9. The highest BCUT2D eigenvalue weighted by molar-refractivity contribution is 7.85. The summed E-state index contributed by atoms with van der Waals surface area (Å²) in [5.74, 6) is -1.26. The molecule has 5 aliphatic rings. The normalized spacial score (nSPS) is 44.1. The number of carbonyl (C=O) groups is 3. The van der Waals surface area contributed by atoms with Crippen molar-refractivity contribution in [3.8, 4) is 0 Å². The molecule has 4 fully saturated rings. The number of aliphatic hydroxyl groups is 1. The van der Waals surface area contributed by atoms with Gasteiger partial charge >= 0.3 is 5.97 Å². The van der Waals surface area contributed by atoms with Crippen molar-refractivity contribution in [3.63, 3.8) is 0 Å². The number of rotatable bonds is 9. The Labute approximate surface area is 250 Å². The van der Waals surface area contributed by atoms with Crippen LogP contribution in [0.25, 0.3) is 0 Å². The Morgan fingerprint density at radius 2 is 1.83 bits per heavy atom. The highest BCUT2D eigenvalue weighted by Crippen LogP contribution is 2.87. The zero-order valence-corrected chi connectivity index (χ0v) is 27.0. The molecule has 234 valence electrons. The van der Waals surface area contributed by atoms with Crippen LogP contribution in [0.5, 0.6) is 0 Å². The number of aliphatic hydroxyl groups excluding tert-OH is 1. The van der Waals surface area contributed by atoms with E-state index in [1.165, 1.54) is 6.92 Å². The van der Waals surface area contributed by atoms with Gasteiger partial charge in [0.2, 0.25) is 0 Å². The summed E-state index contributed by atoms with van der Waals surface area (Å²) in [6, 6.07) is 0. The first-order valence-electron chi connectivity index (χ1n) is 15.5. The number of hydrogen-bond donors (Lipinski definition) is 1. The molecule has 0 amide bonds. The molecule has 9 heteroatoms. The van der Waals surface area contributed by atoms with E-state index in [9.17, 15) is 27.9 Å². The number of ether oxygens (including phenoxy) is 1. The molecule has 0 heterocycles. The number of allylic oxidation sites excluding steroid dienone is 2. The Hall–Kier alpha value is -1.84. The minimum Gasteiger partial charge on any atom is -0.462 e. The second-order valence-corrected chi connectivity index (χ2v) is 16.6. The fraction of sp³-hybridized carbons (Fsp3) is 0.788. The maximum absolute atomic E-state index is 13.5. The van der Waals surface area contributed by atoms with Gasteiger partial charge in [0.15, 0.2) is 11.6 Å². The molecule has 0 radical (unpaired) electrons. The Morgan fingerprint density at radius 3 is 2.45 bits per heavy atom. The average Bonchev–Trinajstić information content (AvgIpc) is 3.51. The molecule has 42 heavy (non-hydrogen) atoms. The van der Waals surface area contributed by atoms with Gasteiger partial charge in [0.25, 0.3) is 10.1 Å². The van der Waals surface area contributed by atoms with Crippen molar-refractivity contribution in [2.24, 2.45) is 57.2 Å². The lowest BCUT2D eigenvalue weighted by atomic mass is 9.43. The molecule has 0 aliphatic heterocycles. The number of Topliss-reactive ketones (excluding diaryl/α,β-unsaturated/α-hetero) is 1. The van der Waals surface area contributed by atoms with Gasteiger partial charge in [-0.1, -0.05) is 47.3 Å². The van der Waals surface area contributed by atoms with Crippen LogP contribution >= 0.6 is 0 Å². The summed E-state index contributed by atoms with van der Waals surface area (Å²) in [5, 5.41) is 11.5. The summed E-state index contributed by atoms with van der Waals surface area (Å²) in [5.41, 5.74) is -0.181. The van der Waals surface area contributed by atoms with Crippen LogP contribution in [0.2, 0.25) is 0 Å². The lowest BCUT2D eigenvalue weighted by Gasteiger charge is -2.61. The molecule has 0 unspecified atom stereocenters. The summed E-state index contributed by atoms with van der Waals surface area (Å²) >= 11 is 0. The van der Waals surface area contributed by atoms with Crippen LogP contribution in [0.1, 0.15) is 80.1 Å². The van der Waals surface area contributed by atoms with Gasteiger partial charge < -0.3 is 9.84 Å². The predicted molar refractivity (Wildman–Crippen MR) is 157 cm³/mol. The van der Waals surface area contributed by atoms with Crippen LogP contribution in [0.15, 0.2) is 24.3 Å². The van der Waals surface area contributed by atoms with Gasteiger partial charge in [0, 0.05) is 24.7 Å². The first-order chi connectivity index (χ1) is 19.4. The van der Waals surface area contributed by atoms with Crippen molar-refractivity contribution in [2.75, 3.05) is 12.9 Å².